The Hall–Kier alpha value is -0.870. The molecule has 126 valence electrons. The first kappa shape index (κ1) is 17.5. The monoisotopic (exact) mass is 310 g/mol. The third-order valence-electron chi connectivity index (χ3n) is 5.29. The minimum Gasteiger partial charge on any atom is -0.481 e. The molecule has 2 aliphatic rings. The highest BCUT2D eigenvalue weighted by molar-refractivity contribution is 5.68. The summed E-state index contributed by atoms with van der Waals surface area (Å²) in [7, 11) is 0. The Kier molecular flexibility index (Phi) is 6.45. The number of aliphatic hydroxyl groups is 2. The molecule has 2 rings (SSSR count). The van der Waals surface area contributed by atoms with Gasteiger partial charge in [0, 0.05) is 0 Å². The zero-order valence-corrected chi connectivity index (χ0v) is 13.4. The second-order valence-corrected chi connectivity index (χ2v) is 7.33. The lowest BCUT2D eigenvalue weighted by molar-refractivity contribution is -0.144. The van der Waals surface area contributed by atoms with Gasteiger partial charge >= 0.3 is 5.97 Å². The van der Waals surface area contributed by atoms with E-state index in [9.17, 15) is 15.0 Å². The number of carbonyl (C=O) groups is 1. The van der Waals surface area contributed by atoms with Crippen LogP contribution in [0.1, 0.15) is 70.6 Å². The molecule has 0 aromatic carbocycles. The summed E-state index contributed by atoms with van der Waals surface area (Å²) in [5, 5.41) is 29.3. The molecule has 4 heteroatoms. The maximum atomic E-state index is 10.8. The number of carboxylic acids is 1. The van der Waals surface area contributed by atoms with Crippen molar-refractivity contribution in [1.82, 2.24) is 0 Å². The second kappa shape index (κ2) is 8.11. The molecule has 0 bridgehead atoms. The summed E-state index contributed by atoms with van der Waals surface area (Å²) < 4.78 is 0. The van der Waals surface area contributed by atoms with Crippen molar-refractivity contribution in [2.24, 2.45) is 11.8 Å². The summed E-state index contributed by atoms with van der Waals surface area (Å²) in [6, 6.07) is 0. The fourth-order valence-electron chi connectivity index (χ4n) is 4.08. The van der Waals surface area contributed by atoms with Crippen LogP contribution in [0.5, 0.6) is 0 Å². The van der Waals surface area contributed by atoms with Gasteiger partial charge in [-0.2, -0.15) is 0 Å². The lowest BCUT2D eigenvalue weighted by Gasteiger charge is -2.34. The Bertz CT molecular complexity index is 387. The molecule has 0 radical (unpaired) electrons. The van der Waals surface area contributed by atoms with E-state index in [-0.39, 0.29) is 12.3 Å². The largest absolute Gasteiger partial charge is 0.481 e. The molecule has 0 aromatic rings. The van der Waals surface area contributed by atoms with Gasteiger partial charge in [-0.1, -0.05) is 37.8 Å². The Morgan fingerprint density at radius 1 is 1.23 bits per heavy atom. The van der Waals surface area contributed by atoms with Crippen molar-refractivity contribution in [2.45, 2.75) is 82.3 Å². The number of hydrogen-bond donors (Lipinski definition) is 3. The summed E-state index contributed by atoms with van der Waals surface area (Å²) in [5.41, 5.74) is -1.08. The van der Waals surface area contributed by atoms with Crippen molar-refractivity contribution in [3.05, 3.63) is 12.2 Å². The van der Waals surface area contributed by atoms with Crippen LogP contribution in [0.25, 0.3) is 0 Å². The van der Waals surface area contributed by atoms with Gasteiger partial charge in [-0.3, -0.25) is 4.79 Å². The van der Waals surface area contributed by atoms with Gasteiger partial charge in [-0.15, -0.1) is 0 Å². The van der Waals surface area contributed by atoms with Crippen LogP contribution in [0.15, 0.2) is 12.2 Å². The lowest BCUT2D eigenvalue weighted by Crippen LogP contribution is -2.37. The van der Waals surface area contributed by atoms with Gasteiger partial charge in [-0.25, -0.2) is 0 Å². The Balaban J connectivity index is 1.74. The van der Waals surface area contributed by atoms with Crippen molar-refractivity contribution in [3.8, 4) is 0 Å². The predicted octanol–water partition coefficient (Wildman–Crippen LogP) is 3.27. The highest BCUT2D eigenvalue weighted by atomic mass is 16.4. The zero-order chi connectivity index (χ0) is 16.0. The van der Waals surface area contributed by atoms with Gasteiger partial charge in [0.05, 0.1) is 18.1 Å². The molecule has 3 atom stereocenters. The fourth-order valence-corrected chi connectivity index (χ4v) is 4.08. The van der Waals surface area contributed by atoms with Crippen LogP contribution in [0.2, 0.25) is 0 Å². The van der Waals surface area contributed by atoms with E-state index in [2.05, 4.69) is 0 Å². The number of carboxylic acid groups (broad SMARTS) is 1. The summed E-state index contributed by atoms with van der Waals surface area (Å²) in [6.07, 6.45) is 13.3. The van der Waals surface area contributed by atoms with Crippen LogP contribution >= 0.6 is 0 Å². The van der Waals surface area contributed by atoms with E-state index in [0.717, 1.165) is 31.6 Å². The fraction of sp³-hybridized carbons (Fsp3) is 0.833. The number of allylic oxidation sites excluding steroid dienone is 1. The van der Waals surface area contributed by atoms with E-state index in [1.807, 2.05) is 12.2 Å². The third-order valence-corrected chi connectivity index (χ3v) is 5.29. The summed E-state index contributed by atoms with van der Waals surface area (Å²) in [4.78, 5) is 10.8. The van der Waals surface area contributed by atoms with E-state index in [4.69, 9.17) is 5.11 Å². The van der Waals surface area contributed by atoms with Gasteiger partial charge in [0.1, 0.15) is 0 Å². The van der Waals surface area contributed by atoms with E-state index in [1.165, 1.54) is 25.7 Å². The molecule has 2 aliphatic carbocycles. The summed E-state index contributed by atoms with van der Waals surface area (Å²) >= 11 is 0. The van der Waals surface area contributed by atoms with Crippen LogP contribution in [0, 0.1) is 11.8 Å². The molecular formula is C18H30O4. The normalized spacial score (nSPS) is 31.6. The lowest BCUT2D eigenvalue weighted by atomic mass is 9.76. The quantitative estimate of drug-likeness (QED) is 0.631. The summed E-state index contributed by atoms with van der Waals surface area (Å²) in [6.45, 7) is 0. The number of aliphatic carboxylic acids is 1. The van der Waals surface area contributed by atoms with Crippen LogP contribution in [-0.2, 0) is 4.79 Å². The highest BCUT2D eigenvalue weighted by Gasteiger charge is 2.35. The number of aliphatic hydroxyl groups excluding tert-OH is 1. The second-order valence-electron chi connectivity index (χ2n) is 7.33. The van der Waals surface area contributed by atoms with Gasteiger partial charge in [0.25, 0.3) is 0 Å². The first-order chi connectivity index (χ1) is 10.5. The maximum Gasteiger partial charge on any atom is 0.306 e. The number of rotatable bonds is 7. The molecule has 3 unspecified atom stereocenters. The first-order valence-electron chi connectivity index (χ1n) is 8.77. The van der Waals surface area contributed by atoms with Crippen molar-refractivity contribution >= 4 is 5.97 Å². The van der Waals surface area contributed by atoms with Gasteiger partial charge < -0.3 is 15.3 Å². The van der Waals surface area contributed by atoms with Crippen LogP contribution in [0.4, 0.5) is 0 Å². The van der Waals surface area contributed by atoms with E-state index >= 15 is 0 Å². The Morgan fingerprint density at radius 2 is 1.95 bits per heavy atom. The van der Waals surface area contributed by atoms with Crippen molar-refractivity contribution in [3.63, 3.8) is 0 Å². The van der Waals surface area contributed by atoms with Crippen LogP contribution in [0.3, 0.4) is 0 Å². The molecule has 0 aromatic heterocycles. The highest BCUT2D eigenvalue weighted by Crippen LogP contribution is 2.35. The molecule has 0 aliphatic heterocycles. The van der Waals surface area contributed by atoms with E-state index in [1.54, 1.807) is 0 Å². The number of hydrogen-bond acceptors (Lipinski definition) is 3. The Labute approximate surface area is 133 Å². The summed E-state index contributed by atoms with van der Waals surface area (Å²) in [5.74, 6) is 0.0290. The van der Waals surface area contributed by atoms with E-state index < -0.39 is 17.7 Å². The third kappa shape index (κ3) is 5.73. The standard InChI is InChI=1S/C18H30O4/c19-16(9-7-14-4-1-2-5-14)10-8-15-6-3-11-18(22,12-15)13-17(20)21/h8,10,14-16,19,22H,1-7,9,11-13H2,(H,20,21). The van der Waals surface area contributed by atoms with Gasteiger partial charge in [0.2, 0.25) is 0 Å². The van der Waals surface area contributed by atoms with Crippen LogP contribution in [-0.4, -0.2) is 33.0 Å². The topological polar surface area (TPSA) is 77.8 Å². The zero-order valence-electron chi connectivity index (χ0n) is 13.4. The molecule has 2 fully saturated rings. The molecule has 0 amide bonds. The molecule has 4 nitrogen and oxygen atoms in total. The predicted molar refractivity (Wildman–Crippen MR) is 85.5 cm³/mol. The maximum absolute atomic E-state index is 10.8. The molecule has 0 saturated heterocycles. The van der Waals surface area contributed by atoms with Gasteiger partial charge in [-0.05, 0) is 50.4 Å². The minimum absolute atomic E-state index is 0.179. The molecule has 0 spiro atoms. The molecule has 3 N–H and O–H groups in total. The van der Waals surface area contributed by atoms with Crippen molar-refractivity contribution < 1.29 is 20.1 Å². The van der Waals surface area contributed by atoms with Gasteiger partial charge in [0.15, 0.2) is 0 Å². The van der Waals surface area contributed by atoms with E-state index in [0.29, 0.717) is 12.8 Å². The average Bonchev–Trinajstić information content (AvgIpc) is 2.95. The molecule has 0 heterocycles. The van der Waals surface area contributed by atoms with Crippen LogP contribution < -0.4 is 0 Å². The molecular weight excluding hydrogens is 280 g/mol. The van der Waals surface area contributed by atoms with Crippen molar-refractivity contribution in [1.29, 1.82) is 0 Å². The average molecular weight is 310 g/mol. The Morgan fingerprint density at radius 3 is 2.64 bits per heavy atom. The molecule has 2 saturated carbocycles. The minimum atomic E-state index is -1.08. The smallest absolute Gasteiger partial charge is 0.306 e. The molecule has 22 heavy (non-hydrogen) atoms. The van der Waals surface area contributed by atoms with Crippen molar-refractivity contribution in [2.75, 3.05) is 0 Å². The first-order valence-corrected chi connectivity index (χ1v) is 8.77. The SMILES string of the molecule is O=C(O)CC1(O)CCCC(C=CC(O)CCC2CCCC2)C1.